The van der Waals surface area contributed by atoms with Crippen molar-refractivity contribution < 1.29 is 8.42 Å². The smallest absolute Gasteiger partial charge is 0.251 e. The molecule has 0 amide bonds. The molecule has 0 saturated carbocycles. The molecule has 0 fully saturated rings. The first-order chi connectivity index (χ1) is 5.39. The summed E-state index contributed by atoms with van der Waals surface area (Å²) in [6, 6.07) is 1.23. The Morgan fingerprint density at radius 2 is 2.08 bits per heavy atom. The second-order valence-electron chi connectivity index (χ2n) is 2.46. The van der Waals surface area contributed by atoms with Gasteiger partial charge in [0.1, 0.15) is 0 Å². The van der Waals surface area contributed by atoms with Gasteiger partial charge in [-0.1, -0.05) is 0 Å². The van der Waals surface area contributed by atoms with Crippen LogP contribution in [0.2, 0.25) is 0 Å². The number of aromatic nitrogens is 2. The van der Waals surface area contributed by atoms with Crippen molar-refractivity contribution in [3.63, 3.8) is 0 Å². The Hall–Kier alpha value is -1.17. The van der Waals surface area contributed by atoms with Crippen LogP contribution < -0.4 is 5.56 Å². The molecule has 0 unspecified atom stereocenters. The lowest BCUT2D eigenvalue weighted by atomic mass is 10.5. The minimum Gasteiger partial charge on any atom is -0.297 e. The maximum absolute atomic E-state index is 10.9. The minimum absolute atomic E-state index is 0.285. The summed E-state index contributed by atoms with van der Waals surface area (Å²) < 4.78 is 21.8. The van der Waals surface area contributed by atoms with E-state index in [0.717, 1.165) is 6.26 Å². The zero-order valence-corrected chi connectivity index (χ0v) is 7.47. The van der Waals surface area contributed by atoms with Gasteiger partial charge < -0.3 is 0 Å². The first kappa shape index (κ1) is 8.92. The van der Waals surface area contributed by atoms with Gasteiger partial charge in [-0.25, -0.2) is 13.4 Å². The van der Waals surface area contributed by atoms with Crippen LogP contribution in [0.25, 0.3) is 0 Å². The molecule has 5 nitrogen and oxygen atoms in total. The lowest BCUT2D eigenvalue weighted by molar-refractivity contribution is 0.591. The van der Waals surface area contributed by atoms with Gasteiger partial charge in [-0.2, -0.15) is 0 Å². The van der Waals surface area contributed by atoms with Crippen LogP contribution in [0.3, 0.4) is 0 Å². The van der Waals surface area contributed by atoms with Crippen molar-refractivity contribution in [2.24, 2.45) is 0 Å². The topological polar surface area (TPSA) is 79.9 Å². The lowest BCUT2D eigenvalue weighted by Gasteiger charge is -1.96. The van der Waals surface area contributed by atoms with Gasteiger partial charge in [0.25, 0.3) is 5.56 Å². The van der Waals surface area contributed by atoms with Crippen LogP contribution in [0.5, 0.6) is 0 Å². The van der Waals surface area contributed by atoms with E-state index in [2.05, 4.69) is 9.97 Å². The van der Waals surface area contributed by atoms with E-state index in [1.54, 1.807) is 6.92 Å². The summed E-state index contributed by atoms with van der Waals surface area (Å²) in [7, 11) is -3.41. The summed E-state index contributed by atoms with van der Waals surface area (Å²) in [6.45, 7) is 1.56. The SMILES string of the molecule is Cc1cc(=O)[nH]c(S(C)(=O)=O)n1. The van der Waals surface area contributed by atoms with Gasteiger partial charge in [0.15, 0.2) is 0 Å². The van der Waals surface area contributed by atoms with Gasteiger partial charge in [-0.15, -0.1) is 0 Å². The highest BCUT2D eigenvalue weighted by atomic mass is 32.2. The highest BCUT2D eigenvalue weighted by Gasteiger charge is 2.09. The van der Waals surface area contributed by atoms with E-state index < -0.39 is 15.4 Å². The van der Waals surface area contributed by atoms with Crippen molar-refractivity contribution in [1.29, 1.82) is 0 Å². The van der Waals surface area contributed by atoms with Gasteiger partial charge in [0.2, 0.25) is 15.0 Å². The number of nitrogens with zero attached hydrogens (tertiary/aromatic N) is 1. The van der Waals surface area contributed by atoms with Crippen LogP contribution in [0.4, 0.5) is 0 Å². The maximum atomic E-state index is 10.9. The first-order valence-corrected chi connectivity index (χ1v) is 5.07. The predicted octanol–water partition coefficient (Wildman–Crippen LogP) is -0.518. The lowest BCUT2D eigenvalue weighted by Crippen LogP contribution is -2.14. The van der Waals surface area contributed by atoms with Gasteiger partial charge in [0.05, 0.1) is 0 Å². The van der Waals surface area contributed by atoms with Gasteiger partial charge in [-0.05, 0) is 6.92 Å². The van der Waals surface area contributed by atoms with Crippen molar-refractivity contribution in [2.45, 2.75) is 12.1 Å². The molecule has 1 rings (SSSR count). The van der Waals surface area contributed by atoms with Crippen molar-refractivity contribution in [2.75, 3.05) is 6.26 Å². The summed E-state index contributed by atoms with van der Waals surface area (Å²) in [5.41, 5.74) is -0.0675. The molecule has 0 bridgehead atoms. The van der Waals surface area contributed by atoms with Crippen LogP contribution in [0, 0.1) is 6.92 Å². The Balaban J connectivity index is 3.48. The van der Waals surface area contributed by atoms with E-state index in [9.17, 15) is 13.2 Å². The molecule has 0 aromatic carbocycles. The van der Waals surface area contributed by atoms with E-state index >= 15 is 0 Å². The van der Waals surface area contributed by atoms with E-state index in [4.69, 9.17) is 0 Å². The third-order valence-electron chi connectivity index (χ3n) is 1.20. The fourth-order valence-corrected chi connectivity index (χ4v) is 1.32. The Morgan fingerprint density at radius 1 is 1.50 bits per heavy atom. The zero-order chi connectivity index (χ0) is 9.35. The van der Waals surface area contributed by atoms with E-state index in [-0.39, 0.29) is 5.16 Å². The molecule has 1 aromatic rings. The number of nitrogens with one attached hydrogen (secondary N) is 1. The second kappa shape index (κ2) is 2.71. The molecule has 0 spiro atoms. The molecular weight excluding hydrogens is 180 g/mol. The predicted molar refractivity (Wildman–Crippen MR) is 42.7 cm³/mol. The largest absolute Gasteiger partial charge is 0.297 e. The first-order valence-electron chi connectivity index (χ1n) is 3.17. The molecule has 1 heterocycles. The summed E-state index contributed by atoms with van der Waals surface area (Å²) in [6.07, 6.45) is 0.991. The normalized spacial score (nSPS) is 11.5. The van der Waals surface area contributed by atoms with Gasteiger partial charge in [0, 0.05) is 18.0 Å². The molecule has 0 saturated heterocycles. The molecule has 0 atom stereocenters. The maximum Gasteiger partial charge on any atom is 0.251 e. The highest BCUT2D eigenvalue weighted by Crippen LogP contribution is 1.97. The summed E-state index contributed by atoms with van der Waals surface area (Å²) in [5.74, 6) is 0. The molecule has 0 aliphatic heterocycles. The van der Waals surface area contributed by atoms with Crippen LogP contribution in [0.15, 0.2) is 16.0 Å². The highest BCUT2D eigenvalue weighted by molar-refractivity contribution is 7.90. The van der Waals surface area contributed by atoms with Gasteiger partial charge >= 0.3 is 0 Å². The molecule has 0 aliphatic rings. The Kier molecular flexibility index (Phi) is 2.01. The number of rotatable bonds is 1. The summed E-state index contributed by atoms with van der Waals surface area (Å²) >= 11 is 0. The third-order valence-corrected chi connectivity index (χ3v) is 2.10. The van der Waals surface area contributed by atoms with Crippen LogP contribution in [-0.2, 0) is 9.84 Å². The molecule has 1 N–H and O–H groups in total. The minimum atomic E-state index is -3.41. The van der Waals surface area contributed by atoms with Crippen LogP contribution >= 0.6 is 0 Å². The van der Waals surface area contributed by atoms with E-state index in [0.29, 0.717) is 5.69 Å². The quantitative estimate of drug-likeness (QED) is 0.601. The molecular formula is C6H8N2O3S. The van der Waals surface area contributed by atoms with Crippen molar-refractivity contribution >= 4 is 9.84 Å². The number of hydrogen-bond acceptors (Lipinski definition) is 4. The van der Waals surface area contributed by atoms with Gasteiger partial charge in [-0.3, -0.25) is 9.78 Å². The monoisotopic (exact) mass is 188 g/mol. The third kappa shape index (κ3) is 1.91. The van der Waals surface area contributed by atoms with Crippen LogP contribution in [0.1, 0.15) is 5.69 Å². The Labute approximate surface area is 69.4 Å². The van der Waals surface area contributed by atoms with Crippen molar-refractivity contribution in [1.82, 2.24) is 9.97 Å². The molecule has 66 valence electrons. The average Bonchev–Trinajstić information content (AvgIpc) is 1.82. The van der Waals surface area contributed by atoms with E-state index in [1.165, 1.54) is 6.07 Å². The Bertz CT molecular complexity index is 446. The zero-order valence-electron chi connectivity index (χ0n) is 6.66. The number of sulfone groups is 1. The molecule has 12 heavy (non-hydrogen) atoms. The number of H-pyrrole nitrogens is 1. The summed E-state index contributed by atoms with van der Waals surface area (Å²) in [4.78, 5) is 16.6. The van der Waals surface area contributed by atoms with Crippen molar-refractivity contribution in [3.8, 4) is 0 Å². The Morgan fingerprint density at radius 3 is 2.50 bits per heavy atom. The fourth-order valence-electron chi connectivity index (χ4n) is 0.727. The number of hydrogen-bond donors (Lipinski definition) is 1. The fraction of sp³-hybridized carbons (Fsp3) is 0.333. The molecule has 0 radical (unpaired) electrons. The van der Waals surface area contributed by atoms with Crippen LogP contribution in [-0.4, -0.2) is 24.6 Å². The molecule has 6 heteroatoms. The molecule has 0 aliphatic carbocycles. The number of aryl methyl sites for hydroxylation is 1. The second-order valence-corrected chi connectivity index (χ2v) is 4.40. The number of aromatic amines is 1. The molecule has 1 aromatic heterocycles. The van der Waals surface area contributed by atoms with Crippen molar-refractivity contribution in [3.05, 3.63) is 22.1 Å². The summed E-state index contributed by atoms with van der Waals surface area (Å²) in [5, 5.41) is -0.285. The average molecular weight is 188 g/mol. The van der Waals surface area contributed by atoms with E-state index in [1.807, 2.05) is 0 Å². The standard InChI is InChI=1S/C6H8N2O3S/c1-4-3-5(9)8-6(7-4)12(2,10)11/h3H,1-2H3,(H,7,8,9).